The number of carbonyl (C=O) groups excluding carboxylic acids is 1. The molecule has 0 aliphatic carbocycles. The first-order valence-electron chi connectivity index (χ1n) is 8.58. The highest BCUT2D eigenvalue weighted by Gasteiger charge is 2.15. The first kappa shape index (κ1) is 20.3. The normalized spacial score (nSPS) is 15.5. The Morgan fingerprint density at radius 3 is 2.58 bits per heavy atom. The van der Waals surface area contributed by atoms with Gasteiger partial charge in [-0.3, -0.25) is 4.99 Å². The maximum atomic E-state index is 11.5. The zero-order valence-corrected chi connectivity index (χ0v) is 15.4. The van der Waals surface area contributed by atoms with Crippen LogP contribution in [0, 0.1) is 0 Å². The van der Waals surface area contributed by atoms with Crippen LogP contribution in [0.2, 0.25) is 0 Å². The molecule has 138 valence electrons. The zero-order valence-electron chi connectivity index (χ0n) is 15.4. The van der Waals surface area contributed by atoms with Crippen LogP contribution in [0.1, 0.15) is 40.0 Å². The van der Waals surface area contributed by atoms with Crippen molar-refractivity contribution in [2.75, 3.05) is 39.9 Å². The molecule has 0 aromatic rings. The fourth-order valence-electron chi connectivity index (χ4n) is 2.15. The van der Waals surface area contributed by atoms with Crippen molar-refractivity contribution in [1.82, 2.24) is 16.0 Å². The minimum absolute atomic E-state index is 0.380. The van der Waals surface area contributed by atoms with Crippen molar-refractivity contribution in [3.05, 3.63) is 11.6 Å². The number of ether oxygens (including phenoxy) is 2. The fourth-order valence-corrected chi connectivity index (χ4v) is 2.15. The maximum Gasteiger partial charge on any atom is 0.407 e. The SMILES string of the molecule is CN=C(NCCCNC(=O)OC(C)(C)C)NCCC1=CCOCC1. The van der Waals surface area contributed by atoms with Gasteiger partial charge in [-0.2, -0.15) is 0 Å². The van der Waals surface area contributed by atoms with E-state index in [-0.39, 0.29) is 6.09 Å². The van der Waals surface area contributed by atoms with E-state index in [0.29, 0.717) is 6.54 Å². The van der Waals surface area contributed by atoms with Crippen LogP contribution in [0.4, 0.5) is 4.79 Å². The lowest BCUT2D eigenvalue weighted by molar-refractivity contribution is 0.0527. The molecule has 0 atom stereocenters. The van der Waals surface area contributed by atoms with Crippen LogP contribution >= 0.6 is 0 Å². The van der Waals surface area contributed by atoms with E-state index < -0.39 is 5.60 Å². The number of hydrogen-bond donors (Lipinski definition) is 3. The molecule has 1 aliphatic heterocycles. The Labute approximate surface area is 145 Å². The molecule has 7 nitrogen and oxygen atoms in total. The number of alkyl carbamates (subject to hydrolysis) is 1. The monoisotopic (exact) mass is 340 g/mol. The molecule has 0 bridgehead atoms. The fraction of sp³-hybridized carbons (Fsp3) is 0.765. The molecule has 0 radical (unpaired) electrons. The second-order valence-corrected chi connectivity index (χ2v) is 6.65. The van der Waals surface area contributed by atoms with Crippen molar-refractivity contribution in [3.63, 3.8) is 0 Å². The number of carbonyl (C=O) groups is 1. The van der Waals surface area contributed by atoms with E-state index in [2.05, 4.69) is 27.0 Å². The van der Waals surface area contributed by atoms with E-state index in [0.717, 1.165) is 51.5 Å². The van der Waals surface area contributed by atoms with Gasteiger partial charge in [0.15, 0.2) is 5.96 Å². The Morgan fingerprint density at radius 1 is 1.25 bits per heavy atom. The third-order valence-electron chi connectivity index (χ3n) is 3.33. The minimum atomic E-state index is -0.464. The van der Waals surface area contributed by atoms with E-state index >= 15 is 0 Å². The Bertz CT molecular complexity index is 442. The lowest BCUT2D eigenvalue weighted by atomic mass is 10.1. The largest absolute Gasteiger partial charge is 0.444 e. The number of amides is 1. The van der Waals surface area contributed by atoms with Gasteiger partial charge >= 0.3 is 6.09 Å². The standard InChI is InChI=1S/C17H32N4O3/c1-17(2,3)24-16(22)21-10-5-9-19-15(18-4)20-11-6-14-7-12-23-13-8-14/h7H,5-6,8-13H2,1-4H3,(H,21,22)(H2,18,19,20). The van der Waals surface area contributed by atoms with Crippen LogP contribution in [0.5, 0.6) is 0 Å². The first-order valence-corrected chi connectivity index (χ1v) is 8.58. The summed E-state index contributed by atoms with van der Waals surface area (Å²) in [6.07, 6.45) is 4.59. The molecule has 0 spiro atoms. The molecule has 3 N–H and O–H groups in total. The van der Waals surface area contributed by atoms with Gasteiger partial charge in [0, 0.05) is 26.7 Å². The van der Waals surface area contributed by atoms with Gasteiger partial charge in [-0.1, -0.05) is 11.6 Å². The third kappa shape index (κ3) is 10.1. The van der Waals surface area contributed by atoms with Gasteiger partial charge in [0.1, 0.15) is 5.60 Å². The van der Waals surface area contributed by atoms with Crippen molar-refractivity contribution >= 4 is 12.1 Å². The van der Waals surface area contributed by atoms with Gasteiger partial charge in [0.05, 0.1) is 13.2 Å². The van der Waals surface area contributed by atoms with Crippen LogP contribution < -0.4 is 16.0 Å². The second-order valence-electron chi connectivity index (χ2n) is 6.65. The predicted octanol–water partition coefficient (Wildman–Crippen LogP) is 1.80. The molecule has 0 aromatic heterocycles. The van der Waals surface area contributed by atoms with Gasteiger partial charge in [-0.15, -0.1) is 0 Å². The summed E-state index contributed by atoms with van der Waals surface area (Å²) in [5.74, 6) is 0.778. The van der Waals surface area contributed by atoms with Crippen LogP contribution in [-0.2, 0) is 9.47 Å². The molecule has 0 saturated carbocycles. The summed E-state index contributed by atoms with van der Waals surface area (Å²) >= 11 is 0. The van der Waals surface area contributed by atoms with E-state index in [1.54, 1.807) is 7.05 Å². The van der Waals surface area contributed by atoms with Crippen LogP contribution in [0.25, 0.3) is 0 Å². The number of rotatable bonds is 7. The van der Waals surface area contributed by atoms with Crippen molar-refractivity contribution in [2.24, 2.45) is 4.99 Å². The summed E-state index contributed by atoms with van der Waals surface area (Å²) in [4.78, 5) is 15.7. The van der Waals surface area contributed by atoms with Gasteiger partial charge < -0.3 is 25.4 Å². The molecule has 0 saturated heterocycles. The Balaban J connectivity index is 2.07. The topological polar surface area (TPSA) is 84.0 Å². The van der Waals surface area contributed by atoms with Crippen LogP contribution in [-0.4, -0.2) is 57.5 Å². The third-order valence-corrected chi connectivity index (χ3v) is 3.33. The van der Waals surface area contributed by atoms with Gasteiger partial charge in [0.2, 0.25) is 0 Å². The van der Waals surface area contributed by atoms with E-state index in [1.807, 2.05) is 20.8 Å². The summed E-state index contributed by atoms with van der Waals surface area (Å²) in [7, 11) is 1.75. The number of nitrogens with zero attached hydrogens (tertiary/aromatic N) is 1. The number of aliphatic imine (C=N–C) groups is 1. The molecule has 7 heteroatoms. The zero-order chi connectivity index (χ0) is 17.8. The highest BCUT2D eigenvalue weighted by atomic mass is 16.6. The summed E-state index contributed by atoms with van der Waals surface area (Å²) < 4.78 is 10.5. The number of guanidine groups is 1. The van der Waals surface area contributed by atoms with E-state index in [4.69, 9.17) is 9.47 Å². The number of nitrogens with one attached hydrogen (secondary N) is 3. The molecule has 1 heterocycles. The lowest BCUT2D eigenvalue weighted by Gasteiger charge is -2.19. The minimum Gasteiger partial charge on any atom is -0.444 e. The molecule has 0 aromatic carbocycles. The number of hydrogen-bond acceptors (Lipinski definition) is 4. The highest BCUT2D eigenvalue weighted by molar-refractivity contribution is 5.79. The highest BCUT2D eigenvalue weighted by Crippen LogP contribution is 2.10. The average Bonchev–Trinajstić information content (AvgIpc) is 2.52. The maximum absolute atomic E-state index is 11.5. The summed E-state index contributed by atoms with van der Waals surface area (Å²) in [5.41, 5.74) is 0.972. The Kier molecular flexibility index (Phi) is 9.22. The van der Waals surface area contributed by atoms with Crippen molar-refractivity contribution in [1.29, 1.82) is 0 Å². The van der Waals surface area contributed by atoms with E-state index in [9.17, 15) is 4.79 Å². The lowest BCUT2D eigenvalue weighted by Crippen LogP contribution is -2.39. The second kappa shape index (κ2) is 10.9. The van der Waals surface area contributed by atoms with Crippen molar-refractivity contribution < 1.29 is 14.3 Å². The molecule has 24 heavy (non-hydrogen) atoms. The van der Waals surface area contributed by atoms with Crippen molar-refractivity contribution in [2.45, 2.75) is 45.6 Å². The first-order chi connectivity index (χ1) is 11.4. The van der Waals surface area contributed by atoms with Gasteiger partial charge in [-0.25, -0.2) is 4.79 Å². The van der Waals surface area contributed by atoms with Gasteiger partial charge in [0.25, 0.3) is 0 Å². The smallest absolute Gasteiger partial charge is 0.407 e. The molecule has 1 rings (SSSR count). The average molecular weight is 340 g/mol. The molecule has 0 unspecified atom stereocenters. The molecular formula is C17H32N4O3. The summed E-state index contributed by atoms with van der Waals surface area (Å²) in [6, 6.07) is 0. The molecule has 0 fully saturated rings. The van der Waals surface area contributed by atoms with E-state index in [1.165, 1.54) is 5.57 Å². The van der Waals surface area contributed by atoms with Crippen molar-refractivity contribution in [3.8, 4) is 0 Å². The molecular weight excluding hydrogens is 308 g/mol. The molecule has 1 aliphatic rings. The van der Waals surface area contributed by atoms with Crippen LogP contribution in [0.3, 0.4) is 0 Å². The van der Waals surface area contributed by atoms with Gasteiger partial charge in [-0.05, 0) is 40.0 Å². The summed E-state index contributed by atoms with van der Waals surface area (Å²) in [6.45, 7) is 9.23. The van der Waals surface area contributed by atoms with Crippen LogP contribution in [0.15, 0.2) is 16.6 Å². The summed E-state index contributed by atoms with van der Waals surface area (Å²) in [5, 5.41) is 9.26. The Morgan fingerprint density at radius 2 is 1.96 bits per heavy atom. The molecule has 1 amide bonds. The quantitative estimate of drug-likeness (QED) is 0.285. The Hall–Kier alpha value is -1.76. The predicted molar refractivity (Wildman–Crippen MR) is 96.4 cm³/mol.